The van der Waals surface area contributed by atoms with E-state index in [0.717, 1.165) is 5.56 Å². The molecule has 0 aliphatic carbocycles. The lowest BCUT2D eigenvalue weighted by Gasteiger charge is -2.20. The quantitative estimate of drug-likeness (QED) is 0.771. The Morgan fingerprint density at radius 2 is 1.90 bits per heavy atom. The van der Waals surface area contributed by atoms with Gasteiger partial charge in [0.05, 0.1) is 0 Å². The first kappa shape index (κ1) is 14.6. The number of carbonyl (C=O) groups is 2. The number of amides is 2. The van der Waals surface area contributed by atoms with Crippen LogP contribution in [0.1, 0.15) is 12.5 Å². The first-order valence-electron chi connectivity index (χ1n) is 6.54. The van der Waals surface area contributed by atoms with E-state index >= 15 is 0 Å². The third-order valence-corrected chi connectivity index (χ3v) is 2.93. The highest BCUT2D eigenvalue weighted by Gasteiger charge is 2.20. The molecule has 0 aliphatic heterocycles. The molecular formula is C13H16N6O2. The number of hydrogen-bond donors (Lipinski definition) is 1. The van der Waals surface area contributed by atoms with Crippen LogP contribution in [0.25, 0.3) is 0 Å². The molecule has 8 heteroatoms. The summed E-state index contributed by atoms with van der Waals surface area (Å²) in [4.78, 5) is 29.3. The fourth-order valence-corrected chi connectivity index (χ4v) is 1.78. The van der Waals surface area contributed by atoms with Crippen molar-refractivity contribution in [3.8, 4) is 0 Å². The predicted octanol–water partition coefficient (Wildman–Crippen LogP) is -0.166. The Balaban J connectivity index is 1.90. The van der Waals surface area contributed by atoms with Crippen molar-refractivity contribution in [2.24, 2.45) is 0 Å². The van der Waals surface area contributed by atoms with Gasteiger partial charge in [-0.3, -0.25) is 20.0 Å². The van der Waals surface area contributed by atoms with Crippen molar-refractivity contribution in [3.05, 3.63) is 42.7 Å². The average molecular weight is 288 g/mol. The molecule has 2 aromatic rings. The molecule has 2 amide bonds. The normalized spacial score (nSPS) is 10.1. The summed E-state index contributed by atoms with van der Waals surface area (Å²) in [6, 6.07) is 3.77. The molecule has 110 valence electrons. The lowest BCUT2D eigenvalue weighted by Crippen LogP contribution is -2.42. The zero-order valence-electron chi connectivity index (χ0n) is 11.6. The minimum Gasteiger partial charge on any atom is -0.334 e. The van der Waals surface area contributed by atoms with Gasteiger partial charge in [0.15, 0.2) is 0 Å². The van der Waals surface area contributed by atoms with Crippen LogP contribution in [-0.4, -0.2) is 49.7 Å². The fraction of sp³-hybridized carbons (Fsp3) is 0.308. The third-order valence-electron chi connectivity index (χ3n) is 2.93. The summed E-state index contributed by atoms with van der Waals surface area (Å²) in [6.07, 6.45) is 6.68. The Morgan fingerprint density at radius 1 is 1.24 bits per heavy atom. The van der Waals surface area contributed by atoms with Gasteiger partial charge in [0.1, 0.15) is 12.7 Å². The number of pyridine rings is 1. The second kappa shape index (κ2) is 7.13. The van der Waals surface area contributed by atoms with E-state index in [1.165, 1.54) is 22.2 Å². The summed E-state index contributed by atoms with van der Waals surface area (Å²) in [5.74, 6) is -1.30. The molecule has 0 spiro atoms. The van der Waals surface area contributed by atoms with Gasteiger partial charge in [-0.15, -0.1) is 10.2 Å². The molecule has 0 aromatic carbocycles. The Bertz CT molecular complexity index is 584. The van der Waals surface area contributed by atoms with Gasteiger partial charge < -0.3 is 4.90 Å². The third kappa shape index (κ3) is 4.10. The lowest BCUT2D eigenvalue weighted by atomic mass is 10.2. The van der Waals surface area contributed by atoms with Crippen LogP contribution in [0.4, 0.5) is 0 Å². The molecule has 0 saturated heterocycles. The van der Waals surface area contributed by atoms with E-state index in [1.54, 1.807) is 12.4 Å². The number of hydrogen-bond acceptors (Lipinski definition) is 5. The maximum Gasteiger partial charge on any atom is 0.328 e. The monoisotopic (exact) mass is 288 g/mol. The van der Waals surface area contributed by atoms with Gasteiger partial charge in [-0.05, 0) is 31.0 Å². The first-order valence-corrected chi connectivity index (χ1v) is 6.54. The molecule has 0 radical (unpaired) electrons. The van der Waals surface area contributed by atoms with E-state index < -0.39 is 11.8 Å². The van der Waals surface area contributed by atoms with E-state index in [1.807, 2.05) is 19.1 Å². The summed E-state index contributed by atoms with van der Waals surface area (Å²) in [5, 5.41) is 7.09. The van der Waals surface area contributed by atoms with Gasteiger partial charge in [-0.2, -0.15) is 0 Å². The van der Waals surface area contributed by atoms with Crippen molar-refractivity contribution in [2.75, 3.05) is 18.5 Å². The number of rotatable bonds is 5. The van der Waals surface area contributed by atoms with Crippen LogP contribution in [0.2, 0.25) is 0 Å². The van der Waals surface area contributed by atoms with Crippen molar-refractivity contribution < 1.29 is 9.59 Å². The molecule has 0 unspecified atom stereocenters. The Hall–Kier alpha value is -2.77. The van der Waals surface area contributed by atoms with Crippen molar-refractivity contribution in [1.29, 1.82) is 0 Å². The zero-order chi connectivity index (χ0) is 15.1. The standard InChI is InChI=1S/C13H16N6O2/c1-2-18(8-5-11-3-6-14-7-4-11)13(21)12(20)17-19-9-15-16-10-19/h3-4,6-7,9-10H,2,5,8H2,1H3,(H,17,20). The topological polar surface area (TPSA) is 93.0 Å². The van der Waals surface area contributed by atoms with Crippen LogP contribution in [0.5, 0.6) is 0 Å². The molecule has 0 bridgehead atoms. The molecular weight excluding hydrogens is 272 g/mol. The zero-order valence-corrected chi connectivity index (χ0v) is 11.6. The predicted molar refractivity (Wildman–Crippen MR) is 74.6 cm³/mol. The van der Waals surface area contributed by atoms with Crippen molar-refractivity contribution >= 4 is 11.8 Å². The van der Waals surface area contributed by atoms with Crippen LogP contribution in [0.3, 0.4) is 0 Å². The summed E-state index contributed by atoms with van der Waals surface area (Å²) in [7, 11) is 0. The molecule has 21 heavy (non-hydrogen) atoms. The molecule has 8 nitrogen and oxygen atoms in total. The molecule has 0 fully saturated rings. The van der Waals surface area contributed by atoms with E-state index in [2.05, 4.69) is 20.6 Å². The van der Waals surface area contributed by atoms with Crippen LogP contribution in [0.15, 0.2) is 37.2 Å². The smallest absolute Gasteiger partial charge is 0.328 e. The molecule has 2 heterocycles. The van der Waals surface area contributed by atoms with Crippen LogP contribution in [-0.2, 0) is 16.0 Å². The molecule has 2 rings (SSSR count). The highest BCUT2D eigenvalue weighted by Crippen LogP contribution is 2.01. The number of nitrogens with one attached hydrogen (secondary N) is 1. The maximum absolute atomic E-state index is 12.1. The largest absolute Gasteiger partial charge is 0.334 e. The highest BCUT2D eigenvalue weighted by molar-refractivity contribution is 6.38. The van der Waals surface area contributed by atoms with Crippen LogP contribution < -0.4 is 5.43 Å². The van der Waals surface area contributed by atoms with Gasteiger partial charge in [-0.1, -0.05) is 0 Å². The van der Waals surface area contributed by atoms with Crippen molar-refractivity contribution in [1.82, 2.24) is 24.8 Å². The lowest BCUT2D eigenvalue weighted by molar-refractivity contribution is -0.143. The summed E-state index contributed by atoms with van der Waals surface area (Å²) >= 11 is 0. The summed E-state index contributed by atoms with van der Waals surface area (Å²) in [5.41, 5.74) is 3.45. The van der Waals surface area contributed by atoms with Crippen molar-refractivity contribution in [2.45, 2.75) is 13.3 Å². The van der Waals surface area contributed by atoms with Crippen molar-refractivity contribution in [3.63, 3.8) is 0 Å². The van der Waals surface area contributed by atoms with Gasteiger partial charge in [-0.25, -0.2) is 4.68 Å². The molecule has 2 aromatic heterocycles. The van der Waals surface area contributed by atoms with Gasteiger partial charge >= 0.3 is 11.8 Å². The van der Waals surface area contributed by atoms with Gasteiger partial charge in [0, 0.05) is 25.5 Å². The van der Waals surface area contributed by atoms with Gasteiger partial charge in [0.25, 0.3) is 0 Å². The maximum atomic E-state index is 12.1. The SMILES string of the molecule is CCN(CCc1ccncc1)C(=O)C(=O)Nn1cnnc1. The van der Waals surface area contributed by atoms with E-state index in [-0.39, 0.29) is 0 Å². The van der Waals surface area contributed by atoms with Crippen LogP contribution in [0, 0.1) is 0 Å². The summed E-state index contributed by atoms with van der Waals surface area (Å²) in [6.45, 7) is 2.75. The Labute approximate surface area is 121 Å². The van der Waals surface area contributed by atoms with Gasteiger partial charge in [0.2, 0.25) is 0 Å². The molecule has 0 saturated carbocycles. The minimum absolute atomic E-state index is 0.458. The van der Waals surface area contributed by atoms with E-state index in [9.17, 15) is 9.59 Å². The van der Waals surface area contributed by atoms with Crippen LogP contribution >= 0.6 is 0 Å². The van der Waals surface area contributed by atoms with E-state index in [4.69, 9.17) is 0 Å². The average Bonchev–Trinajstić information content (AvgIpc) is 3.01. The number of likely N-dealkylation sites (N-methyl/N-ethyl adjacent to an activating group) is 1. The number of aromatic nitrogens is 4. The fourth-order valence-electron chi connectivity index (χ4n) is 1.78. The Kier molecular flexibility index (Phi) is 4.97. The first-order chi connectivity index (χ1) is 10.2. The Morgan fingerprint density at radius 3 is 2.52 bits per heavy atom. The molecule has 0 atom stereocenters. The molecule has 1 N–H and O–H groups in total. The molecule has 0 aliphatic rings. The summed E-state index contributed by atoms with van der Waals surface area (Å²) < 4.78 is 1.23. The minimum atomic E-state index is -0.716. The number of nitrogens with zero attached hydrogens (tertiary/aromatic N) is 5. The van der Waals surface area contributed by atoms with E-state index in [0.29, 0.717) is 19.5 Å². The number of carbonyl (C=O) groups excluding carboxylic acids is 2. The second-order valence-corrected chi connectivity index (χ2v) is 4.30. The second-order valence-electron chi connectivity index (χ2n) is 4.30. The highest BCUT2D eigenvalue weighted by atomic mass is 16.2.